The first-order chi connectivity index (χ1) is 13.0. The first-order valence-electron chi connectivity index (χ1n) is 9.19. The number of aryl methyl sites for hydroxylation is 3. The molecule has 5 rings (SSSR count). The van der Waals surface area contributed by atoms with Gasteiger partial charge in [-0.1, -0.05) is 48.0 Å². The monoisotopic (exact) mass is 357 g/mol. The molecule has 134 valence electrons. The van der Waals surface area contributed by atoms with Crippen molar-refractivity contribution in [3.63, 3.8) is 0 Å². The van der Waals surface area contributed by atoms with Crippen LogP contribution in [-0.4, -0.2) is 16.8 Å². The highest BCUT2D eigenvalue weighted by molar-refractivity contribution is 6.14. The van der Waals surface area contributed by atoms with Crippen molar-refractivity contribution >= 4 is 28.2 Å². The predicted octanol–water partition coefficient (Wildman–Crippen LogP) is 3.66. The van der Waals surface area contributed by atoms with E-state index in [1.165, 1.54) is 11.1 Å². The molecule has 0 spiro atoms. The van der Waals surface area contributed by atoms with E-state index in [2.05, 4.69) is 11.4 Å². The fourth-order valence-corrected chi connectivity index (χ4v) is 4.45. The molecule has 0 fully saturated rings. The van der Waals surface area contributed by atoms with Crippen LogP contribution in [0.15, 0.2) is 48.5 Å². The molecule has 0 bridgehead atoms. The fourth-order valence-electron chi connectivity index (χ4n) is 4.45. The van der Waals surface area contributed by atoms with E-state index in [9.17, 15) is 14.7 Å². The molecule has 2 aliphatic rings. The minimum absolute atomic E-state index is 0.224. The van der Waals surface area contributed by atoms with Gasteiger partial charge in [0.1, 0.15) is 0 Å². The molecule has 4 heteroatoms. The normalized spacial score (nSPS) is 20.0. The van der Waals surface area contributed by atoms with Gasteiger partial charge in [0.25, 0.3) is 5.91 Å². The zero-order chi connectivity index (χ0) is 18.8. The summed E-state index contributed by atoms with van der Waals surface area (Å²) in [6, 6.07) is 15.3. The number of hydrogen-bond donors (Lipinski definition) is 2. The van der Waals surface area contributed by atoms with Crippen molar-refractivity contribution < 1.29 is 14.7 Å². The molecule has 0 saturated carbocycles. The third-order valence-corrected chi connectivity index (χ3v) is 5.84. The first-order valence-corrected chi connectivity index (χ1v) is 9.19. The number of nitrogens with one attached hydrogen (secondary N) is 1. The quantitative estimate of drug-likeness (QED) is 0.703. The Morgan fingerprint density at radius 2 is 1.89 bits per heavy atom. The van der Waals surface area contributed by atoms with Crippen LogP contribution >= 0.6 is 0 Å². The second-order valence-corrected chi connectivity index (χ2v) is 7.58. The maximum Gasteiger partial charge on any atom is 0.261 e. The maximum absolute atomic E-state index is 13.2. The molecule has 3 aromatic carbocycles. The van der Waals surface area contributed by atoms with E-state index >= 15 is 0 Å². The van der Waals surface area contributed by atoms with Gasteiger partial charge in [-0.2, -0.15) is 0 Å². The average molecular weight is 357 g/mol. The highest BCUT2D eigenvalue weighted by Gasteiger charge is 2.47. The van der Waals surface area contributed by atoms with Crippen molar-refractivity contribution in [3.05, 3.63) is 76.3 Å². The predicted molar refractivity (Wildman–Crippen MR) is 104 cm³/mol. The van der Waals surface area contributed by atoms with E-state index in [-0.39, 0.29) is 12.2 Å². The lowest BCUT2D eigenvalue weighted by Crippen LogP contribution is -2.36. The maximum atomic E-state index is 13.2. The van der Waals surface area contributed by atoms with Crippen LogP contribution in [0.25, 0.3) is 10.8 Å². The summed E-state index contributed by atoms with van der Waals surface area (Å²) in [7, 11) is 0. The third kappa shape index (κ3) is 2.26. The fraction of sp³-hybridized carbons (Fsp3) is 0.217. The highest BCUT2D eigenvalue weighted by atomic mass is 16.3. The van der Waals surface area contributed by atoms with Gasteiger partial charge in [0.15, 0.2) is 11.4 Å². The third-order valence-electron chi connectivity index (χ3n) is 5.84. The Balaban J connectivity index is 1.59. The number of ketones is 1. The Morgan fingerprint density at radius 3 is 2.70 bits per heavy atom. The van der Waals surface area contributed by atoms with Crippen LogP contribution in [0.2, 0.25) is 0 Å². The topological polar surface area (TPSA) is 66.4 Å². The lowest BCUT2D eigenvalue weighted by Gasteiger charge is -2.21. The number of hydrogen-bond acceptors (Lipinski definition) is 3. The van der Waals surface area contributed by atoms with E-state index < -0.39 is 11.5 Å². The van der Waals surface area contributed by atoms with Crippen LogP contribution in [0.3, 0.4) is 0 Å². The summed E-state index contributed by atoms with van der Waals surface area (Å²) in [5.74, 6) is -0.764. The second kappa shape index (κ2) is 5.51. The van der Waals surface area contributed by atoms with Crippen LogP contribution in [0.4, 0.5) is 5.69 Å². The smallest absolute Gasteiger partial charge is 0.261 e. The summed E-state index contributed by atoms with van der Waals surface area (Å²) < 4.78 is 0. The van der Waals surface area contributed by atoms with Gasteiger partial charge in [-0.15, -0.1) is 0 Å². The molecular formula is C23H19NO3. The molecule has 2 N–H and O–H groups in total. The van der Waals surface area contributed by atoms with Gasteiger partial charge in [0.05, 0.1) is 6.42 Å². The Bertz CT molecular complexity index is 1140. The summed E-state index contributed by atoms with van der Waals surface area (Å²) in [5, 5.41) is 15.9. The first kappa shape index (κ1) is 16.2. The standard InChI is InChI=1S/C23H19NO3/c1-13-5-10-19-18(11-13)23(27,22(26)24-19)12-20(25)16-9-8-15-7-6-14-3-2-4-17(16)21(14)15/h2-5,8-11,27H,6-7,12H2,1H3,(H,24,26)/t23-/m1/s1. The molecule has 0 saturated heterocycles. The molecule has 1 heterocycles. The number of Topliss-reactive ketones (excluding diaryl/α,β-unsaturated/α-hetero) is 1. The molecule has 1 amide bonds. The molecule has 27 heavy (non-hydrogen) atoms. The van der Waals surface area contributed by atoms with Gasteiger partial charge in [-0.05, 0) is 47.7 Å². The van der Waals surface area contributed by atoms with Gasteiger partial charge >= 0.3 is 0 Å². The molecule has 1 aliphatic heterocycles. The number of rotatable bonds is 3. The number of anilines is 1. The summed E-state index contributed by atoms with van der Waals surface area (Å²) in [4.78, 5) is 25.7. The average Bonchev–Trinajstić information content (AvgIpc) is 3.17. The molecule has 0 aromatic heterocycles. The van der Waals surface area contributed by atoms with Gasteiger partial charge < -0.3 is 10.4 Å². The zero-order valence-corrected chi connectivity index (χ0v) is 15.0. The largest absolute Gasteiger partial charge is 0.375 e. The van der Waals surface area contributed by atoms with Crippen LogP contribution in [0, 0.1) is 6.92 Å². The van der Waals surface area contributed by atoms with E-state index in [0.717, 1.165) is 29.2 Å². The van der Waals surface area contributed by atoms with Crippen molar-refractivity contribution in [3.8, 4) is 0 Å². The van der Waals surface area contributed by atoms with Gasteiger partial charge in [-0.25, -0.2) is 0 Å². The van der Waals surface area contributed by atoms with E-state index in [1.807, 2.05) is 37.3 Å². The van der Waals surface area contributed by atoms with Crippen LogP contribution in [-0.2, 0) is 23.2 Å². The SMILES string of the molecule is Cc1ccc2c(c1)[C@](O)(CC(=O)c1ccc3c4c(cccc14)CC3)C(=O)N2. The highest BCUT2D eigenvalue weighted by Crippen LogP contribution is 2.40. The van der Waals surface area contributed by atoms with Crippen molar-refractivity contribution in [1.29, 1.82) is 0 Å². The van der Waals surface area contributed by atoms with E-state index in [4.69, 9.17) is 0 Å². The minimum atomic E-state index is -1.83. The van der Waals surface area contributed by atoms with E-state index in [0.29, 0.717) is 16.8 Å². The lowest BCUT2D eigenvalue weighted by molar-refractivity contribution is -0.133. The molecular weight excluding hydrogens is 338 g/mol. The minimum Gasteiger partial charge on any atom is -0.375 e. The Kier molecular flexibility index (Phi) is 3.31. The Hall–Kier alpha value is -2.98. The van der Waals surface area contributed by atoms with Gasteiger partial charge in [0.2, 0.25) is 0 Å². The van der Waals surface area contributed by atoms with Gasteiger partial charge in [0, 0.05) is 16.8 Å². The summed E-state index contributed by atoms with van der Waals surface area (Å²) in [5.41, 5.74) is 3.24. The zero-order valence-electron chi connectivity index (χ0n) is 15.0. The molecule has 3 aromatic rings. The Labute approximate surface area is 156 Å². The molecule has 0 unspecified atom stereocenters. The van der Waals surface area contributed by atoms with Crippen molar-refractivity contribution in [1.82, 2.24) is 0 Å². The van der Waals surface area contributed by atoms with Crippen LogP contribution in [0.5, 0.6) is 0 Å². The number of carbonyl (C=O) groups excluding carboxylic acids is 2. The van der Waals surface area contributed by atoms with E-state index in [1.54, 1.807) is 12.1 Å². The molecule has 1 atom stereocenters. The number of fused-ring (bicyclic) bond motifs is 1. The number of carbonyl (C=O) groups is 2. The van der Waals surface area contributed by atoms with Crippen LogP contribution < -0.4 is 5.32 Å². The second-order valence-electron chi connectivity index (χ2n) is 7.58. The number of amides is 1. The molecule has 0 radical (unpaired) electrons. The molecule has 1 aliphatic carbocycles. The Morgan fingerprint density at radius 1 is 1.11 bits per heavy atom. The van der Waals surface area contributed by atoms with Crippen LogP contribution in [0.1, 0.15) is 39.0 Å². The summed E-state index contributed by atoms with van der Waals surface area (Å²) >= 11 is 0. The lowest BCUT2D eigenvalue weighted by atomic mass is 9.86. The number of benzene rings is 3. The van der Waals surface area contributed by atoms with Gasteiger partial charge in [-0.3, -0.25) is 9.59 Å². The van der Waals surface area contributed by atoms with Crippen molar-refractivity contribution in [2.24, 2.45) is 0 Å². The summed E-state index contributed by atoms with van der Waals surface area (Å²) in [6.07, 6.45) is 1.71. The number of aliphatic hydroxyl groups is 1. The van der Waals surface area contributed by atoms with Crippen molar-refractivity contribution in [2.75, 3.05) is 5.32 Å². The molecule has 4 nitrogen and oxygen atoms in total. The summed E-state index contributed by atoms with van der Waals surface area (Å²) in [6.45, 7) is 1.90. The van der Waals surface area contributed by atoms with Crippen molar-refractivity contribution in [2.45, 2.75) is 31.8 Å².